The maximum Gasteiger partial charge on any atom is 0.416 e. The van der Waals surface area contributed by atoms with Crippen molar-refractivity contribution in [1.29, 1.82) is 0 Å². The molecule has 2 aromatic carbocycles. The lowest BCUT2D eigenvalue weighted by molar-refractivity contribution is -0.137. The Kier molecular flexibility index (Phi) is 8.05. The van der Waals surface area contributed by atoms with Crippen LogP contribution in [0.1, 0.15) is 22.8 Å². The molecule has 0 heterocycles. The molecule has 2 rings (SSSR count). The molecule has 182 valence electrons. The summed E-state index contributed by atoms with van der Waals surface area (Å²) in [6.07, 6.45) is -4.93. The number of carbonyl (C=O) groups excluding carboxylic acids is 3. The smallest absolute Gasteiger partial charge is 0.416 e. The van der Waals surface area contributed by atoms with E-state index in [1.807, 2.05) is 0 Å². The van der Waals surface area contributed by atoms with Crippen molar-refractivity contribution in [1.82, 2.24) is 5.32 Å². The van der Waals surface area contributed by atoms with Crippen LogP contribution in [0.5, 0.6) is 0 Å². The van der Waals surface area contributed by atoms with Gasteiger partial charge in [-0.2, -0.15) is 13.2 Å². The van der Waals surface area contributed by atoms with E-state index in [-0.39, 0.29) is 17.8 Å². The Bertz CT molecular complexity index is 1210. The van der Waals surface area contributed by atoms with E-state index in [1.165, 1.54) is 24.3 Å². The van der Waals surface area contributed by atoms with Crippen molar-refractivity contribution in [3.05, 3.63) is 72.3 Å². The van der Waals surface area contributed by atoms with Gasteiger partial charge in [-0.1, -0.05) is 18.2 Å². The number of imide groups is 1. The number of sulfonamides is 1. The first-order chi connectivity index (χ1) is 15.8. The van der Waals surface area contributed by atoms with Crippen LogP contribution in [0.4, 0.5) is 23.7 Å². The van der Waals surface area contributed by atoms with E-state index in [0.29, 0.717) is 10.4 Å². The highest BCUT2D eigenvalue weighted by Gasteiger charge is 2.32. The predicted octanol–water partition coefficient (Wildman–Crippen LogP) is 2.83. The molecule has 0 spiro atoms. The lowest BCUT2D eigenvalue weighted by Gasteiger charge is -2.24. The molecule has 0 saturated carbocycles. The summed E-state index contributed by atoms with van der Waals surface area (Å²) in [7, 11) is -4.45. The van der Waals surface area contributed by atoms with Crippen LogP contribution in [0, 0.1) is 0 Å². The number of hydrogen-bond donors (Lipinski definition) is 2. The Morgan fingerprint density at radius 1 is 1.18 bits per heavy atom. The maximum absolute atomic E-state index is 13.2. The van der Waals surface area contributed by atoms with Crippen LogP contribution < -0.4 is 15.4 Å². The number of ether oxygens (including phenoxy) is 1. The molecule has 0 aromatic heterocycles. The number of hydrogen-bond acceptors (Lipinski definition) is 6. The summed E-state index contributed by atoms with van der Waals surface area (Å²) in [5.74, 6) is -2.08. The van der Waals surface area contributed by atoms with Crippen molar-refractivity contribution in [2.45, 2.75) is 24.1 Å². The highest BCUT2D eigenvalue weighted by Crippen LogP contribution is 2.33. The third-order valence-electron chi connectivity index (χ3n) is 4.31. The molecule has 0 radical (unpaired) electrons. The van der Waals surface area contributed by atoms with Gasteiger partial charge in [-0.15, -0.1) is 6.58 Å². The number of anilines is 1. The first kappa shape index (κ1) is 26.4. The SMILES string of the molecule is C=CCN(c1cccc(C(F)(F)F)c1)S(=O)(=O)c1cccc(C(=O)OC(C)C(=O)NC(N)=O)c1. The van der Waals surface area contributed by atoms with Crippen molar-refractivity contribution in [3.8, 4) is 0 Å². The summed E-state index contributed by atoms with van der Waals surface area (Å²) in [4.78, 5) is 34.4. The Balaban J connectivity index is 2.39. The molecule has 3 N–H and O–H groups in total. The first-order valence-corrected chi connectivity index (χ1v) is 10.9. The Morgan fingerprint density at radius 2 is 1.82 bits per heavy atom. The normalized spacial score (nSPS) is 12.4. The number of nitrogens with two attached hydrogens (primary N) is 1. The molecule has 0 bridgehead atoms. The Labute approximate surface area is 193 Å². The van der Waals surface area contributed by atoms with Crippen LogP contribution in [-0.4, -0.2) is 39.0 Å². The van der Waals surface area contributed by atoms with E-state index in [1.54, 1.807) is 5.32 Å². The number of benzene rings is 2. The summed E-state index contributed by atoms with van der Waals surface area (Å²) in [5, 5.41) is 1.73. The van der Waals surface area contributed by atoms with Gasteiger partial charge in [0.1, 0.15) is 0 Å². The zero-order valence-corrected chi connectivity index (χ0v) is 18.5. The van der Waals surface area contributed by atoms with Crippen molar-refractivity contribution in [3.63, 3.8) is 0 Å². The predicted molar refractivity (Wildman–Crippen MR) is 115 cm³/mol. The van der Waals surface area contributed by atoms with E-state index in [0.717, 1.165) is 31.2 Å². The first-order valence-electron chi connectivity index (χ1n) is 9.49. The number of rotatable bonds is 8. The number of alkyl halides is 3. The van der Waals surface area contributed by atoms with Crippen molar-refractivity contribution in [2.75, 3.05) is 10.8 Å². The molecular formula is C21H20F3N3O6S. The van der Waals surface area contributed by atoms with Gasteiger partial charge in [0.15, 0.2) is 6.10 Å². The zero-order valence-electron chi connectivity index (χ0n) is 17.7. The molecule has 1 atom stereocenters. The van der Waals surface area contributed by atoms with Gasteiger partial charge in [0.25, 0.3) is 15.9 Å². The number of nitrogens with one attached hydrogen (secondary N) is 1. The number of nitrogens with zero attached hydrogens (tertiary/aromatic N) is 1. The second-order valence-corrected chi connectivity index (χ2v) is 8.66. The Morgan fingerprint density at radius 3 is 2.41 bits per heavy atom. The standard InChI is InChI=1S/C21H20F3N3O6S/c1-3-10-27(16-8-5-7-15(12-16)21(22,23)24)34(31,32)17-9-4-6-14(11-17)19(29)33-13(2)18(28)26-20(25)30/h3-9,11-13H,1,10H2,2H3,(H3,25,26,28,30). The average molecular weight is 499 g/mol. The van der Waals surface area contributed by atoms with Crippen LogP contribution in [0.25, 0.3) is 0 Å². The second-order valence-electron chi connectivity index (χ2n) is 6.80. The van der Waals surface area contributed by atoms with Crippen LogP contribution in [-0.2, 0) is 25.7 Å². The van der Waals surface area contributed by atoms with Gasteiger partial charge >= 0.3 is 18.2 Å². The topological polar surface area (TPSA) is 136 Å². The molecule has 0 aliphatic rings. The van der Waals surface area contributed by atoms with E-state index < -0.39 is 50.7 Å². The quantitative estimate of drug-likeness (QED) is 0.424. The lowest BCUT2D eigenvalue weighted by Crippen LogP contribution is -2.42. The number of urea groups is 1. The highest BCUT2D eigenvalue weighted by molar-refractivity contribution is 7.92. The minimum atomic E-state index is -4.69. The van der Waals surface area contributed by atoms with E-state index in [4.69, 9.17) is 10.5 Å². The lowest BCUT2D eigenvalue weighted by atomic mass is 10.2. The summed E-state index contributed by atoms with van der Waals surface area (Å²) < 4.78 is 71.4. The highest BCUT2D eigenvalue weighted by atomic mass is 32.2. The molecule has 0 saturated heterocycles. The number of esters is 1. The summed E-state index contributed by atoms with van der Waals surface area (Å²) >= 11 is 0. The molecule has 2 aromatic rings. The fourth-order valence-electron chi connectivity index (χ4n) is 2.71. The molecule has 3 amide bonds. The Hall–Kier alpha value is -3.87. The van der Waals surface area contributed by atoms with Gasteiger partial charge < -0.3 is 10.5 Å². The van der Waals surface area contributed by atoms with Crippen LogP contribution in [0.15, 0.2) is 66.1 Å². The molecule has 0 aliphatic heterocycles. The number of carbonyl (C=O) groups is 3. The van der Waals surface area contributed by atoms with Crippen molar-refractivity contribution >= 4 is 33.6 Å². The van der Waals surface area contributed by atoms with Gasteiger partial charge in [0.05, 0.1) is 28.3 Å². The fourth-order valence-corrected chi connectivity index (χ4v) is 4.19. The molecular weight excluding hydrogens is 479 g/mol. The summed E-state index contributed by atoms with van der Waals surface area (Å²) in [5.41, 5.74) is 3.25. The molecule has 0 aliphatic carbocycles. The molecule has 1 unspecified atom stereocenters. The number of amides is 3. The van der Waals surface area contributed by atoms with Gasteiger partial charge in [0, 0.05) is 0 Å². The second kappa shape index (κ2) is 10.4. The third-order valence-corrected chi connectivity index (χ3v) is 6.10. The van der Waals surface area contributed by atoms with Crippen molar-refractivity contribution < 1.29 is 40.7 Å². The zero-order chi connectivity index (χ0) is 25.7. The average Bonchev–Trinajstić information content (AvgIpc) is 2.76. The summed E-state index contributed by atoms with van der Waals surface area (Å²) in [6.45, 7) is 4.25. The third kappa shape index (κ3) is 6.34. The minimum absolute atomic E-state index is 0.262. The van der Waals surface area contributed by atoms with Gasteiger partial charge in [0.2, 0.25) is 0 Å². The largest absolute Gasteiger partial charge is 0.449 e. The maximum atomic E-state index is 13.2. The van der Waals surface area contributed by atoms with Gasteiger partial charge in [-0.05, 0) is 43.3 Å². The summed E-state index contributed by atoms with van der Waals surface area (Å²) in [6, 6.07) is 7.09. The van der Waals surface area contributed by atoms with E-state index in [9.17, 15) is 36.0 Å². The molecule has 13 heteroatoms. The number of primary amides is 1. The van der Waals surface area contributed by atoms with Crippen LogP contribution >= 0.6 is 0 Å². The number of halogens is 3. The van der Waals surface area contributed by atoms with Crippen molar-refractivity contribution in [2.24, 2.45) is 5.73 Å². The van der Waals surface area contributed by atoms with Crippen LogP contribution in [0.2, 0.25) is 0 Å². The minimum Gasteiger partial charge on any atom is -0.449 e. The molecule has 9 nitrogen and oxygen atoms in total. The van der Waals surface area contributed by atoms with Gasteiger partial charge in [-0.3, -0.25) is 14.4 Å². The molecule has 0 fully saturated rings. The van der Waals surface area contributed by atoms with E-state index >= 15 is 0 Å². The monoisotopic (exact) mass is 499 g/mol. The molecule has 34 heavy (non-hydrogen) atoms. The van der Waals surface area contributed by atoms with Gasteiger partial charge in [-0.25, -0.2) is 18.0 Å². The van der Waals surface area contributed by atoms with E-state index in [2.05, 4.69) is 6.58 Å². The van der Waals surface area contributed by atoms with Crippen LogP contribution in [0.3, 0.4) is 0 Å². The fraction of sp³-hybridized carbons (Fsp3) is 0.190.